The summed E-state index contributed by atoms with van der Waals surface area (Å²) in [6, 6.07) is 0. The fourth-order valence-corrected chi connectivity index (χ4v) is 13.9. The molecule has 1 N–H and O–H groups in total. The molecule has 1 heterocycles. The van der Waals surface area contributed by atoms with Gasteiger partial charge in [0.25, 0.3) is 0 Å². The summed E-state index contributed by atoms with van der Waals surface area (Å²) in [7, 11) is 0. The number of nitrogens with one attached hydrogen (secondary N) is 1. The second-order valence-corrected chi connectivity index (χ2v) is 19.9. The van der Waals surface area contributed by atoms with Crippen LogP contribution in [0.25, 0.3) is 0 Å². The molecule has 5 heteroatoms. The van der Waals surface area contributed by atoms with Gasteiger partial charge in [0.05, 0.1) is 24.4 Å². The monoisotopic (exact) mass is 700 g/mol. The summed E-state index contributed by atoms with van der Waals surface area (Å²) in [5.41, 5.74) is 5.00. The highest BCUT2D eigenvalue weighted by molar-refractivity contribution is 5.91. The number of fused-ring (bicyclic) bond motifs is 10. The predicted molar refractivity (Wildman–Crippen MR) is 206 cm³/mol. The van der Waals surface area contributed by atoms with Crippen LogP contribution in [0.2, 0.25) is 0 Å². The fraction of sp³-hybridized carbons (Fsp3) is 0.783. The van der Waals surface area contributed by atoms with Gasteiger partial charge < -0.3 is 14.8 Å². The Kier molecular flexibility index (Phi) is 10.0. The molecule has 8 rings (SSSR count). The van der Waals surface area contributed by atoms with E-state index in [9.17, 15) is 9.59 Å². The molecular weight excluding hydrogens is 631 g/mol. The number of carbonyl (C=O) groups excluding carboxylic acids is 2. The van der Waals surface area contributed by atoms with Crippen LogP contribution in [-0.4, -0.2) is 36.1 Å². The topological polar surface area (TPSA) is 64.6 Å². The summed E-state index contributed by atoms with van der Waals surface area (Å²) in [4.78, 5) is 25.4. The lowest BCUT2D eigenvalue weighted by Gasteiger charge is -2.60. The van der Waals surface area contributed by atoms with Gasteiger partial charge in [0.1, 0.15) is 5.78 Å². The van der Waals surface area contributed by atoms with Gasteiger partial charge in [0.15, 0.2) is 0 Å². The Morgan fingerprint density at radius 2 is 1.57 bits per heavy atom. The van der Waals surface area contributed by atoms with Gasteiger partial charge in [-0.05, 0) is 152 Å². The van der Waals surface area contributed by atoms with Gasteiger partial charge in [0.2, 0.25) is 5.91 Å². The van der Waals surface area contributed by atoms with Crippen molar-refractivity contribution >= 4 is 11.7 Å². The number of rotatable bonds is 4. The first-order chi connectivity index (χ1) is 24.1. The molecule has 0 bridgehead atoms. The normalized spacial score (nSPS) is 45.8. The molecule has 0 aromatic carbocycles. The van der Waals surface area contributed by atoms with Crippen molar-refractivity contribution in [1.82, 2.24) is 5.32 Å². The molecule has 6 fully saturated rings. The molecule has 5 nitrogen and oxygen atoms in total. The van der Waals surface area contributed by atoms with E-state index in [4.69, 9.17) is 9.47 Å². The zero-order valence-corrected chi connectivity index (χ0v) is 33.3. The largest absolute Gasteiger partial charge is 0.375 e. The molecule has 12 atom stereocenters. The average molecular weight is 700 g/mol. The highest BCUT2D eigenvalue weighted by Gasteiger charge is 2.62. The molecule has 0 saturated heterocycles. The van der Waals surface area contributed by atoms with Gasteiger partial charge in [0, 0.05) is 35.4 Å². The van der Waals surface area contributed by atoms with Crippen LogP contribution in [0, 0.1) is 57.2 Å². The van der Waals surface area contributed by atoms with E-state index >= 15 is 0 Å². The minimum absolute atomic E-state index is 0.0117. The van der Waals surface area contributed by atoms with Crippen molar-refractivity contribution in [2.75, 3.05) is 0 Å². The first-order valence-corrected chi connectivity index (χ1v) is 21.0. The van der Waals surface area contributed by atoms with Crippen LogP contribution in [0.15, 0.2) is 47.7 Å². The number of carbonyl (C=O) groups is 2. The average Bonchev–Trinajstić information content (AvgIpc) is 3.26. The van der Waals surface area contributed by atoms with E-state index < -0.39 is 0 Å². The molecule has 0 aromatic heterocycles. The van der Waals surface area contributed by atoms with Crippen molar-refractivity contribution in [3.63, 3.8) is 0 Å². The van der Waals surface area contributed by atoms with Crippen LogP contribution >= 0.6 is 0 Å². The lowest BCUT2D eigenvalue weighted by Crippen LogP contribution is -2.54. The van der Waals surface area contributed by atoms with E-state index in [0.29, 0.717) is 47.1 Å². The highest BCUT2D eigenvalue weighted by Crippen LogP contribution is 2.65. The van der Waals surface area contributed by atoms with E-state index in [2.05, 4.69) is 79.4 Å². The zero-order chi connectivity index (χ0) is 36.5. The van der Waals surface area contributed by atoms with Crippen molar-refractivity contribution in [3.05, 3.63) is 47.7 Å². The lowest BCUT2D eigenvalue weighted by molar-refractivity contribution is -0.150. The molecular formula is C46H69NO4. The van der Waals surface area contributed by atoms with E-state index in [1.54, 1.807) is 17.8 Å². The Morgan fingerprint density at radius 3 is 2.31 bits per heavy atom. The van der Waals surface area contributed by atoms with Crippen LogP contribution in [0.4, 0.5) is 0 Å². The maximum atomic E-state index is 13.4. The first-order valence-electron chi connectivity index (χ1n) is 21.0. The van der Waals surface area contributed by atoms with Crippen molar-refractivity contribution in [3.8, 4) is 0 Å². The summed E-state index contributed by atoms with van der Waals surface area (Å²) >= 11 is 0. The Morgan fingerprint density at radius 1 is 0.804 bits per heavy atom. The molecule has 1 amide bonds. The Bertz CT molecular complexity index is 1490. The van der Waals surface area contributed by atoms with Gasteiger partial charge in [-0.2, -0.15) is 0 Å². The minimum Gasteiger partial charge on any atom is -0.375 e. The maximum Gasteiger partial charge on any atom is 0.247 e. The third-order valence-corrected chi connectivity index (χ3v) is 16.2. The summed E-state index contributed by atoms with van der Waals surface area (Å²) < 4.78 is 12.4. The fourth-order valence-electron chi connectivity index (χ4n) is 13.9. The molecule has 7 aliphatic carbocycles. The summed E-state index contributed by atoms with van der Waals surface area (Å²) in [6.07, 6.45) is 26.1. The van der Waals surface area contributed by atoms with Crippen molar-refractivity contribution in [1.29, 1.82) is 0 Å². The number of hydrogen-bond acceptors (Lipinski definition) is 4. The standard InChI is InChI=1S/C24H38O.C22H31NO3/c1-16(2)25-19-10-13-24(5)18(14-19)7-8-20-21-9-6-17(3)15-23(21,4)12-11-22(20)24;1-13(2)26-18-8-7-16-15-6-5-14-11-19(25)23-10-9-21(14,3)20(15)17(24)12-22(16,18)4/h7,16,19-22H,3,6,8-15H2,1-2,4-5H3;9-11,13,15-16,18,20H,5-8,12H2,1-4H3,(H,23,25)/t19-,20-,21-,22-,23+,24-;15-,16-,18-,20+,21-,22-/m00/s1. The highest BCUT2D eigenvalue weighted by atomic mass is 16.5. The molecule has 0 spiro atoms. The van der Waals surface area contributed by atoms with Gasteiger partial charge >= 0.3 is 0 Å². The molecule has 0 aromatic rings. The number of ketones is 1. The Hall–Kier alpha value is -1.98. The maximum absolute atomic E-state index is 13.4. The number of ether oxygens (including phenoxy) is 2. The molecule has 6 saturated carbocycles. The Balaban J connectivity index is 0.000000159. The number of Topliss-reactive ketones (excluding diaryl/α,β-unsaturated/α-hetero) is 1. The van der Waals surface area contributed by atoms with E-state index in [1.165, 1.54) is 63.4 Å². The van der Waals surface area contributed by atoms with Crippen molar-refractivity contribution in [2.24, 2.45) is 57.2 Å². The molecule has 0 radical (unpaired) electrons. The van der Waals surface area contributed by atoms with Crippen LogP contribution in [0.5, 0.6) is 0 Å². The molecule has 51 heavy (non-hydrogen) atoms. The first kappa shape index (κ1) is 37.3. The molecule has 0 unspecified atom stereocenters. The van der Waals surface area contributed by atoms with Gasteiger partial charge in [-0.25, -0.2) is 0 Å². The van der Waals surface area contributed by atoms with Crippen molar-refractivity contribution in [2.45, 2.75) is 170 Å². The van der Waals surface area contributed by atoms with Crippen LogP contribution in [-0.2, 0) is 19.1 Å². The van der Waals surface area contributed by atoms with Crippen LogP contribution < -0.4 is 5.32 Å². The van der Waals surface area contributed by atoms with Crippen molar-refractivity contribution < 1.29 is 19.1 Å². The molecule has 282 valence electrons. The second kappa shape index (κ2) is 13.7. The quantitative estimate of drug-likeness (QED) is 0.297. The number of hydrogen-bond donors (Lipinski definition) is 1. The van der Waals surface area contributed by atoms with Gasteiger partial charge in [-0.1, -0.05) is 63.1 Å². The Labute approximate surface area is 309 Å². The second-order valence-electron chi connectivity index (χ2n) is 19.9. The van der Waals surface area contributed by atoms with E-state index in [0.717, 1.165) is 49.0 Å². The third kappa shape index (κ3) is 6.51. The molecule has 8 aliphatic rings. The number of allylic oxidation sites excluding steroid dienone is 4. The third-order valence-electron chi connectivity index (χ3n) is 16.2. The summed E-state index contributed by atoms with van der Waals surface area (Å²) in [5, 5.41) is 2.79. The van der Waals surface area contributed by atoms with Crippen LogP contribution in [0.3, 0.4) is 0 Å². The summed E-state index contributed by atoms with van der Waals surface area (Å²) in [6.45, 7) is 22.5. The van der Waals surface area contributed by atoms with E-state index in [1.807, 2.05) is 0 Å². The minimum atomic E-state index is -0.336. The molecule has 1 aliphatic heterocycles. The van der Waals surface area contributed by atoms with Gasteiger partial charge in [-0.3, -0.25) is 9.59 Å². The number of amides is 1. The van der Waals surface area contributed by atoms with E-state index in [-0.39, 0.29) is 34.9 Å². The smallest absolute Gasteiger partial charge is 0.247 e. The van der Waals surface area contributed by atoms with Crippen LogP contribution in [0.1, 0.15) is 145 Å². The SMILES string of the molecule is C=C1CC[C@H]2[C@@H]3CC=C4C[C@@H](OC(C)C)CC[C@]4(C)[C@H]3CC[C@]2(C)C1.CC(C)O[C@H]1CC[C@H]2[C@@H]3CCC4=CC(=O)NC=C[C@]4(C)[C@H]3C(=O)C[C@]12C. The summed E-state index contributed by atoms with van der Waals surface area (Å²) in [5.74, 6) is 3.96. The lowest BCUT2D eigenvalue weighted by atomic mass is 9.45. The predicted octanol–water partition coefficient (Wildman–Crippen LogP) is 10.5. The zero-order valence-electron chi connectivity index (χ0n) is 33.3. The van der Waals surface area contributed by atoms with Gasteiger partial charge in [-0.15, -0.1) is 0 Å².